The van der Waals surface area contributed by atoms with Gasteiger partial charge in [0.15, 0.2) is 0 Å². The minimum Gasteiger partial charge on any atom is -0.396 e. The van der Waals surface area contributed by atoms with E-state index in [9.17, 15) is 0 Å². The van der Waals surface area contributed by atoms with E-state index in [1.807, 2.05) is 0 Å². The molecular weight excluding hydrogens is 152 g/mol. The maximum atomic E-state index is 8.81. The maximum absolute atomic E-state index is 8.81. The highest BCUT2D eigenvalue weighted by molar-refractivity contribution is 4.82. The van der Waals surface area contributed by atoms with Crippen molar-refractivity contribution < 1.29 is 5.11 Å². The van der Waals surface area contributed by atoms with Gasteiger partial charge in [-0.05, 0) is 19.9 Å². The number of hydrogen-bond donors (Lipinski definition) is 2. The Balaban J connectivity index is 2.34. The van der Waals surface area contributed by atoms with Gasteiger partial charge in [-0.15, -0.1) is 0 Å². The lowest BCUT2D eigenvalue weighted by molar-refractivity contribution is 0.152. The lowest BCUT2D eigenvalue weighted by Crippen LogP contribution is -2.55. The van der Waals surface area contributed by atoms with E-state index >= 15 is 0 Å². The Bertz CT molecular complexity index is 130. The molecule has 1 saturated heterocycles. The highest BCUT2D eigenvalue weighted by atomic mass is 16.3. The maximum Gasteiger partial charge on any atom is 0.0446 e. The van der Waals surface area contributed by atoms with E-state index in [0.29, 0.717) is 18.7 Å². The second-order valence-corrected chi connectivity index (χ2v) is 3.63. The van der Waals surface area contributed by atoms with Crippen molar-refractivity contribution in [2.24, 2.45) is 0 Å². The van der Waals surface area contributed by atoms with Crippen molar-refractivity contribution in [3.05, 3.63) is 0 Å². The van der Waals surface area contributed by atoms with Gasteiger partial charge in [0, 0.05) is 31.8 Å². The third-order valence-corrected chi connectivity index (χ3v) is 2.46. The molecule has 0 aromatic carbocycles. The molecule has 1 heterocycles. The highest BCUT2D eigenvalue weighted by Gasteiger charge is 2.21. The molecule has 1 aliphatic rings. The van der Waals surface area contributed by atoms with Crippen LogP contribution in [0.1, 0.15) is 20.3 Å². The first kappa shape index (κ1) is 9.96. The molecule has 1 fully saturated rings. The van der Waals surface area contributed by atoms with Crippen molar-refractivity contribution in [3.63, 3.8) is 0 Å². The number of nitrogens with zero attached hydrogens (tertiary/aromatic N) is 1. The van der Waals surface area contributed by atoms with E-state index in [1.54, 1.807) is 0 Å². The fourth-order valence-electron chi connectivity index (χ4n) is 1.87. The molecule has 0 bridgehead atoms. The Kier molecular flexibility index (Phi) is 3.98. The van der Waals surface area contributed by atoms with Gasteiger partial charge in [-0.25, -0.2) is 0 Å². The fourth-order valence-corrected chi connectivity index (χ4v) is 1.87. The van der Waals surface area contributed by atoms with Crippen LogP contribution in [-0.4, -0.2) is 48.3 Å². The fraction of sp³-hybridized carbons (Fsp3) is 1.00. The molecule has 0 amide bonds. The number of aliphatic hydroxyl groups excluding tert-OH is 1. The summed E-state index contributed by atoms with van der Waals surface area (Å²) < 4.78 is 0. The first-order valence-electron chi connectivity index (χ1n) is 4.85. The lowest BCUT2D eigenvalue weighted by atomic mass is 10.1. The van der Waals surface area contributed by atoms with Gasteiger partial charge in [-0.1, -0.05) is 6.92 Å². The van der Waals surface area contributed by atoms with Gasteiger partial charge in [0.25, 0.3) is 0 Å². The monoisotopic (exact) mass is 172 g/mol. The smallest absolute Gasteiger partial charge is 0.0446 e. The molecule has 2 unspecified atom stereocenters. The minimum absolute atomic E-state index is 0.294. The average Bonchev–Trinajstić information content (AvgIpc) is 2.04. The van der Waals surface area contributed by atoms with E-state index in [4.69, 9.17) is 5.11 Å². The van der Waals surface area contributed by atoms with Gasteiger partial charge in [-0.3, -0.25) is 0 Å². The molecule has 0 spiro atoms. The Morgan fingerprint density at radius 3 is 2.83 bits per heavy atom. The second kappa shape index (κ2) is 4.80. The number of rotatable bonds is 3. The van der Waals surface area contributed by atoms with E-state index in [-0.39, 0.29) is 0 Å². The van der Waals surface area contributed by atoms with Crippen LogP contribution in [0.25, 0.3) is 0 Å². The van der Waals surface area contributed by atoms with Crippen molar-refractivity contribution in [3.8, 4) is 0 Å². The molecular formula is C9H20N2O. The molecule has 3 heteroatoms. The second-order valence-electron chi connectivity index (χ2n) is 3.63. The first-order valence-corrected chi connectivity index (χ1v) is 4.85. The topological polar surface area (TPSA) is 35.5 Å². The third-order valence-electron chi connectivity index (χ3n) is 2.46. The standard InChI is InChI=1S/C9H20N2O/c1-3-11-6-8(2)10-9(7-11)4-5-12/h8-10,12H,3-7H2,1-2H3. The van der Waals surface area contributed by atoms with Gasteiger partial charge >= 0.3 is 0 Å². The van der Waals surface area contributed by atoms with E-state index < -0.39 is 0 Å². The number of nitrogens with one attached hydrogen (secondary N) is 1. The molecule has 0 saturated carbocycles. The molecule has 2 atom stereocenters. The van der Waals surface area contributed by atoms with Gasteiger partial charge in [-0.2, -0.15) is 0 Å². The highest BCUT2D eigenvalue weighted by Crippen LogP contribution is 2.05. The van der Waals surface area contributed by atoms with Gasteiger partial charge in [0.1, 0.15) is 0 Å². The number of hydrogen-bond acceptors (Lipinski definition) is 3. The van der Waals surface area contributed by atoms with E-state index in [2.05, 4.69) is 24.1 Å². The van der Waals surface area contributed by atoms with Gasteiger partial charge in [0.2, 0.25) is 0 Å². The molecule has 0 radical (unpaired) electrons. The Labute approximate surface area is 74.8 Å². The van der Waals surface area contributed by atoms with Crippen molar-refractivity contribution in [2.75, 3.05) is 26.2 Å². The van der Waals surface area contributed by atoms with Crippen molar-refractivity contribution >= 4 is 0 Å². The molecule has 3 nitrogen and oxygen atoms in total. The summed E-state index contributed by atoms with van der Waals surface area (Å²) in [6, 6.07) is 1.05. The van der Waals surface area contributed by atoms with Crippen LogP contribution in [-0.2, 0) is 0 Å². The Morgan fingerprint density at radius 2 is 2.25 bits per heavy atom. The van der Waals surface area contributed by atoms with Crippen molar-refractivity contribution in [1.82, 2.24) is 10.2 Å². The molecule has 1 rings (SSSR count). The summed E-state index contributed by atoms with van der Waals surface area (Å²) in [5, 5.41) is 12.3. The molecule has 72 valence electrons. The normalized spacial score (nSPS) is 32.2. The van der Waals surface area contributed by atoms with Crippen LogP contribution in [0.5, 0.6) is 0 Å². The number of likely N-dealkylation sites (N-methyl/N-ethyl adjacent to an activating group) is 1. The number of aliphatic hydroxyl groups is 1. The largest absolute Gasteiger partial charge is 0.396 e. The average molecular weight is 172 g/mol. The van der Waals surface area contributed by atoms with Crippen LogP contribution in [0.4, 0.5) is 0 Å². The lowest BCUT2D eigenvalue weighted by Gasteiger charge is -2.36. The summed E-state index contributed by atoms with van der Waals surface area (Å²) in [7, 11) is 0. The van der Waals surface area contributed by atoms with E-state index in [1.165, 1.54) is 0 Å². The summed E-state index contributed by atoms with van der Waals surface area (Å²) in [5.41, 5.74) is 0. The quantitative estimate of drug-likeness (QED) is 0.631. The third kappa shape index (κ3) is 2.73. The van der Waals surface area contributed by atoms with E-state index in [0.717, 1.165) is 26.1 Å². The van der Waals surface area contributed by atoms with Crippen LogP contribution < -0.4 is 5.32 Å². The molecule has 0 aromatic rings. The zero-order valence-electron chi connectivity index (χ0n) is 8.08. The molecule has 12 heavy (non-hydrogen) atoms. The van der Waals surface area contributed by atoms with Crippen LogP contribution in [0, 0.1) is 0 Å². The predicted octanol–water partition coefficient (Wildman–Crippen LogP) is 0.0510. The predicted molar refractivity (Wildman–Crippen MR) is 50.2 cm³/mol. The SMILES string of the molecule is CCN1CC(C)NC(CCO)C1. The van der Waals surface area contributed by atoms with Crippen LogP contribution in [0.15, 0.2) is 0 Å². The van der Waals surface area contributed by atoms with Gasteiger partial charge < -0.3 is 15.3 Å². The Morgan fingerprint density at radius 1 is 1.50 bits per heavy atom. The Hall–Kier alpha value is -0.120. The van der Waals surface area contributed by atoms with Crippen molar-refractivity contribution in [1.29, 1.82) is 0 Å². The summed E-state index contributed by atoms with van der Waals surface area (Å²) in [5.74, 6) is 0. The van der Waals surface area contributed by atoms with Crippen molar-refractivity contribution in [2.45, 2.75) is 32.4 Å². The summed E-state index contributed by atoms with van der Waals surface area (Å²) in [4.78, 5) is 2.43. The van der Waals surface area contributed by atoms with Crippen LogP contribution >= 0.6 is 0 Å². The zero-order valence-corrected chi connectivity index (χ0v) is 8.08. The van der Waals surface area contributed by atoms with Crippen LogP contribution in [0.2, 0.25) is 0 Å². The molecule has 0 aliphatic carbocycles. The summed E-state index contributed by atoms with van der Waals surface area (Å²) >= 11 is 0. The molecule has 2 N–H and O–H groups in total. The summed E-state index contributed by atoms with van der Waals surface area (Å²) in [6.45, 7) is 8.02. The first-order chi connectivity index (χ1) is 5.76. The van der Waals surface area contributed by atoms with Crippen LogP contribution in [0.3, 0.4) is 0 Å². The number of piperazine rings is 1. The minimum atomic E-state index is 0.294. The van der Waals surface area contributed by atoms with Gasteiger partial charge in [0.05, 0.1) is 0 Å². The zero-order chi connectivity index (χ0) is 8.97. The summed E-state index contributed by atoms with van der Waals surface area (Å²) in [6.07, 6.45) is 0.876. The molecule has 1 aliphatic heterocycles. The molecule has 0 aromatic heterocycles.